The van der Waals surface area contributed by atoms with Crippen molar-refractivity contribution < 1.29 is 13.2 Å². The number of hydrogen-bond donors (Lipinski definition) is 1. The van der Waals surface area contributed by atoms with E-state index in [1.165, 1.54) is 0 Å². The highest BCUT2D eigenvalue weighted by Crippen LogP contribution is 2.06. The largest absolute Gasteiger partial charge is 0.375 e. The summed E-state index contributed by atoms with van der Waals surface area (Å²) in [4.78, 5) is 0. The first-order chi connectivity index (χ1) is 6.02. The lowest BCUT2D eigenvalue weighted by atomic mass is 10.3. The van der Waals surface area contributed by atoms with Gasteiger partial charge in [-0.2, -0.15) is 0 Å². The molecule has 0 spiro atoms. The average molecular weight is 207 g/mol. The number of hydrogen-bond acceptors (Lipinski definition) is 4. The van der Waals surface area contributed by atoms with Crippen LogP contribution in [0.3, 0.4) is 0 Å². The van der Waals surface area contributed by atoms with E-state index in [-0.39, 0.29) is 17.1 Å². The Morgan fingerprint density at radius 2 is 2.23 bits per heavy atom. The molecular weight excluding hydrogens is 190 g/mol. The summed E-state index contributed by atoms with van der Waals surface area (Å²) in [6, 6.07) is 0. The Hall–Kier alpha value is -0.130. The van der Waals surface area contributed by atoms with Crippen LogP contribution in [0, 0.1) is 0 Å². The molecule has 4 nitrogen and oxygen atoms in total. The predicted molar refractivity (Wildman–Crippen MR) is 51.5 cm³/mol. The third-order valence-electron chi connectivity index (χ3n) is 2.14. The molecule has 1 rings (SSSR count). The van der Waals surface area contributed by atoms with Gasteiger partial charge < -0.3 is 10.1 Å². The lowest BCUT2D eigenvalue weighted by molar-refractivity contribution is 0.0429. The van der Waals surface area contributed by atoms with Gasteiger partial charge in [-0.15, -0.1) is 0 Å². The van der Waals surface area contributed by atoms with Crippen molar-refractivity contribution in [2.45, 2.75) is 25.2 Å². The molecule has 13 heavy (non-hydrogen) atoms. The van der Waals surface area contributed by atoms with Crippen LogP contribution < -0.4 is 5.32 Å². The topological polar surface area (TPSA) is 55.4 Å². The zero-order chi connectivity index (χ0) is 9.90. The van der Waals surface area contributed by atoms with Crippen molar-refractivity contribution in [3.8, 4) is 0 Å². The molecule has 0 aliphatic carbocycles. The summed E-state index contributed by atoms with van der Waals surface area (Å²) >= 11 is 0. The van der Waals surface area contributed by atoms with E-state index in [0.717, 1.165) is 6.54 Å². The van der Waals surface area contributed by atoms with Crippen LogP contribution in [-0.4, -0.2) is 45.2 Å². The zero-order valence-corrected chi connectivity index (χ0v) is 8.93. The standard InChI is InChI=1S/C8H17NO3S/c1-7(2)13(10,11)6-8-5-9-3-4-12-8/h7-9H,3-6H2,1-2H3. The molecule has 78 valence electrons. The van der Waals surface area contributed by atoms with Crippen molar-refractivity contribution >= 4 is 9.84 Å². The van der Waals surface area contributed by atoms with Crippen LogP contribution in [0.25, 0.3) is 0 Å². The van der Waals surface area contributed by atoms with Gasteiger partial charge in [-0.25, -0.2) is 8.42 Å². The molecule has 1 aliphatic heterocycles. The second kappa shape index (κ2) is 4.39. The maximum atomic E-state index is 11.5. The molecular formula is C8H17NO3S. The van der Waals surface area contributed by atoms with E-state index in [4.69, 9.17) is 4.74 Å². The smallest absolute Gasteiger partial charge is 0.155 e. The van der Waals surface area contributed by atoms with Crippen LogP contribution in [0.2, 0.25) is 0 Å². The highest BCUT2D eigenvalue weighted by Gasteiger charge is 2.24. The van der Waals surface area contributed by atoms with Gasteiger partial charge in [0.25, 0.3) is 0 Å². The normalized spacial score (nSPS) is 25.0. The van der Waals surface area contributed by atoms with Gasteiger partial charge in [0.15, 0.2) is 9.84 Å². The van der Waals surface area contributed by atoms with E-state index in [9.17, 15) is 8.42 Å². The van der Waals surface area contributed by atoms with E-state index >= 15 is 0 Å². The lowest BCUT2D eigenvalue weighted by Gasteiger charge is -2.24. The second-order valence-electron chi connectivity index (χ2n) is 3.58. The minimum Gasteiger partial charge on any atom is -0.375 e. The SMILES string of the molecule is CC(C)S(=O)(=O)CC1CNCCO1. The predicted octanol–water partition coefficient (Wildman–Crippen LogP) is -0.202. The Balaban J connectivity index is 2.47. The number of rotatable bonds is 3. The van der Waals surface area contributed by atoms with Crippen molar-refractivity contribution in [1.29, 1.82) is 0 Å². The first-order valence-electron chi connectivity index (χ1n) is 4.56. The van der Waals surface area contributed by atoms with Crippen molar-refractivity contribution in [3.63, 3.8) is 0 Å². The monoisotopic (exact) mass is 207 g/mol. The van der Waals surface area contributed by atoms with Crippen LogP contribution >= 0.6 is 0 Å². The molecule has 0 aromatic heterocycles. The minimum absolute atomic E-state index is 0.137. The Kier molecular flexibility index (Phi) is 3.70. The van der Waals surface area contributed by atoms with Gasteiger partial charge in [-0.05, 0) is 13.8 Å². The van der Waals surface area contributed by atoms with Crippen LogP contribution in [0.1, 0.15) is 13.8 Å². The highest BCUT2D eigenvalue weighted by molar-refractivity contribution is 7.92. The molecule has 1 aliphatic rings. The third-order valence-corrected chi connectivity index (χ3v) is 4.41. The summed E-state index contributed by atoms with van der Waals surface area (Å²) in [7, 11) is -2.96. The van der Waals surface area contributed by atoms with Crippen LogP contribution in [0.15, 0.2) is 0 Å². The summed E-state index contributed by atoms with van der Waals surface area (Å²) in [5.41, 5.74) is 0. The quantitative estimate of drug-likeness (QED) is 0.696. The van der Waals surface area contributed by atoms with E-state index in [2.05, 4.69) is 5.32 Å². The van der Waals surface area contributed by atoms with Crippen molar-refractivity contribution in [2.75, 3.05) is 25.4 Å². The summed E-state index contributed by atoms with van der Waals surface area (Å²) in [5.74, 6) is 0.137. The highest BCUT2D eigenvalue weighted by atomic mass is 32.2. The molecule has 0 bridgehead atoms. The molecule has 0 saturated carbocycles. The van der Waals surface area contributed by atoms with Crippen LogP contribution in [-0.2, 0) is 14.6 Å². The molecule has 0 amide bonds. The van der Waals surface area contributed by atoms with Gasteiger partial charge in [0.1, 0.15) is 0 Å². The van der Waals surface area contributed by atoms with Crippen LogP contribution in [0.4, 0.5) is 0 Å². The maximum absolute atomic E-state index is 11.5. The van der Waals surface area contributed by atoms with Crippen molar-refractivity contribution in [1.82, 2.24) is 5.32 Å². The second-order valence-corrected chi connectivity index (χ2v) is 6.18. The molecule has 1 heterocycles. The number of ether oxygens (including phenoxy) is 1. The number of nitrogens with one attached hydrogen (secondary N) is 1. The first-order valence-corrected chi connectivity index (χ1v) is 6.28. The molecule has 0 aromatic rings. The Morgan fingerprint density at radius 3 is 2.69 bits per heavy atom. The fourth-order valence-corrected chi connectivity index (χ4v) is 2.30. The van der Waals surface area contributed by atoms with E-state index < -0.39 is 9.84 Å². The Morgan fingerprint density at radius 1 is 1.54 bits per heavy atom. The minimum atomic E-state index is -2.96. The Labute approximate surface area is 79.6 Å². The summed E-state index contributed by atoms with van der Waals surface area (Å²) in [6.45, 7) is 5.47. The Bertz CT molecular complexity index is 242. The maximum Gasteiger partial charge on any atom is 0.155 e. The first kappa shape index (κ1) is 10.9. The molecule has 0 radical (unpaired) electrons. The van der Waals surface area contributed by atoms with Crippen molar-refractivity contribution in [3.05, 3.63) is 0 Å². The lowest BCUT2D eigenvalue weighted by Crippen LogP contribution is -2.43. The fraction of sp³-hybridized carbons (Fsp3) is 1.00. The zero-order valence-electron chi connectivity index (χ0n) is 8.12. The average Bonchev–Trinajstić information content (AvgIpc) is 2.05. The van der Waals surface area contributed by atoms with E-state index in [1.807, 2.05) is 0 Å². The third kappa shape index (κ3) is 3.25. The molecule has 1 N–H and O–H groups in total. The van der Waals surface area contributed by atoms with Crippen LogP contribution in [0.5, 0.6) is 0 Å². The number of sulfone groups is 1. The molecule has 1 fully saturated rings. The van der Waals surface area contributed by atoms with Gasteiger partial charge in [0.05, 0.1) is 23.7 Å². The van der Waals surface area contributed by atoms with Gasteiger partial charge >= 0.3 is 0 Å². The molecule has 0 aromatic carbocycles. The van der Waals surface area contributed by atoms with Gasteiger partial charge in [0, 0.05) is 13.1 Å². The molecule has 1 saturated heterocycles. The molecule has 5 heteroatoms. The fourth-order valence-electron chi connectivity index (χ4n) is 1.18. The summed E-state index contributed by atoms with van der Waals surface area (Å²) in [5, 5.41) is 2.80. The van der Waals surface area contributed by atoms with E-state index in [1.54, 1.807) is 13.8 Å². The van der Waals surface area contributed by atoms with Gasteiger partial charge in [0.2, 0.25) is 0 Å². The molecule has 1 unspecified atom stereocenters. The van der Waals surface area contributed by atoms with E-state index in [0.29, 0.717) is 13.2 Å². The van der Waals surface area contributed by atoms with Crippen molar-refractivity contribution in [2.24, 2.45) is 0 Å². The molecule has 1 atom stereocenters. The van der Waals surface area contributed by atoms with Gasteiger partial charge in [-0.3, -0.25) is 0 Å². The number of morpholine rings is 1. The van der Waals surface area contributed by atoms with Gasteiger partial charge in [-0.1, -0.05) is 0 Å². The summed E-state index contributed by atoms with van der Waals surface area (Å²) in [6.07, 6.45) is -0.166. The summed E-state index contributed by atoms with van der Waals surface area (Å²) < 4.78 is 28.3.